The van der Waals surface area contributed by atoms with E-state index in [1.54, 1.807) is 11.3 Å². The molecule has 1 saturated heterocycles. The van der Waals surface area contributed by atoms with Crippen LogP contribution in [-0.4, -0.2) is 34.0 Å². The van der Waals surface area contributed by atoms with E-state index >= 15 is 0 Å². The summed E-state index contributed by atoms with van der Waals surface area (Å²) >= 11 is 1.60. The summed E-state index contributed by atoms with van der Waals surface area (Å²) in [6, 6.07) is 0.321. The largest absolute Gasteiger partial charge is 0.481 e. The standard InChI is InChI=1S/C10H14N2O2S/c1-7(9-5-15-6-11-9)12-3-8(4-12)2-10(13)14/h5-8H,2-4H2,1H3,(H,13,14). The fraction of sp³-hybridized carbons (Fsp3) is 0.600. The number of rotatable bonds is 4. The molecule has 2 heterocycles. The molecule has 0 aromatic carbocycles. The van der Waals surface area contributed by atoms with Gasteiger partial charge in [-0.05, 0) is 12.8 Å². The quantitative estimate of drug-likeness (QED) is 0.847. The van der Waals surface area contributed by atoms with Crippen LogP contribution in [0.15, 0.2) is 10.9 Å². The van der Waals surface area contributed by atoms with Crippen molar-refractivity contribution in [1.82, 2.24) is 9.88 Å². The van der Waals surface area contributed by atoms with Crippen molar-refractivity contribution in [3.63, 3.8) is 0 Å². The maximum Gasteiger partial charge on any atom is 0.303 e. The van der Waals surface area contributed by atoms with E-state index in [0.717, 1.165) is 18.8 Å². The molecule has 82 valence electrons. The van der Waals surface area contributed by atoms with Crippen LogP contribution < -0.4 is 0 Å². The van der Waals surface area contributed by atoms with Gasteiger partial charge in [0.15, 0.2) is 0 Å². The first-order valence-corrected chi connectivity index (χ1v) is 5.95. The number of carboxylic acid groups (broad SMARTS) is 1. The van der Waals surface area contributed by atoms with Gasteiger partial charge in [0.05, 0.1) is 23.7 Å². The Labute approximate surface area is 92.6 Å². The van der Waals surface area contributed by atoms with Gasteiger partial charge < -0.3 is 5.11 Å². The fourth-order valence-corrected chi connectivity index (χ4v) is 2.56. The van der Waals surface area contributed by atoms with Crippen LogP contribution in [0.25, 0.3) is 0 Å². The number of aliphatic carboxylic acids is 1. The van der Waals surface area contributed by atoms with Gasteiger partial charge in [-0.2, -0.15) is 0 Å². The highest BCUT2D eigenvalue weighted by Gasteiger charge is 2.32. The lowest BCUT2D eigenvalue weighted by molar-refractivity contribution is -0.139. The molecule has 0 amide bonds. The minimum Gasteiger partial charge on any atom is -0.481 e. The predicted octanol–water partition coefficient (Wildman–Crippen LogP) is 1.61. The summed E-state index contributed by atoms with van der Waals surface area (Å²) in [4.78, 5) is 17.0. The van der Waals surface area contributed by atoms with Gasteiger partial charge in [-0.1, -0.05) is 0 Å². The van der Waals surface area contributed by atoms with Gasteiger partial charge in [0, 0.05) is 18.5 Å². The number of hydrogen-bond donors (Lipinski definition) is 1. The summed E-state index contributed by atoms with van der Waals surface area (Å²) in [6.07, 6.45) is 0.292. The van der Waals surface area contributed by atoms with Gasteiger partial charge in [-0.3, -0.25) is 9.69 Å². The molecule has 5 heteroatoms. The molecule has 1 N–H and O–H groups in total. The normalized spacial score (nSPS) is 19.8. The first kappa shape index (κ1) is 10.6. The molecule has 0 spiro atoms. The van der Waals surface area contributed by atoms with Crippen molar-refractivity contribution >= 4 is 17.3 Å². The van der Waals surface area contributed by atoms with Crippen LogP contribution >= 0.6 is 11.3 Å². The molecule has 0 aliphatic carbocycles. The average molecular weight is 226 g/mol. The number of carbonyl (C=O) groups is 1. The first-order valence-electron chi connectivity index (χ1n) is 5.00. The van der Waals surface area contributed by atoms with E-state index in [2.05, 4.69) is 22.2 Å². The number of thiazole rings is 1. The second-order valence-electron chi connectivity index (χ2n) is 4.01. The molecule has 1 unspecified atom stereocenters. The topological polar surface area (TPSA) is 53.4 Å². The molecule has 0 bridgehead atoms. The molecular weight excluding hydrogens is 212 g/mol. The number of carboxylic acids is 1. The minimum absolute atomic E-state index is 0.292. The van der Waals surface area contributed by atoms with Crippen molar-refractivity contribution in [2.24, 2.45) is 5.92 Å². The molecule has 4 nitrogen and oxygen atoms in total. The van der Waals surface area contributed by atoms with Gasteiger partial charge in [-0.15, -0.1) is 11.3 Å². The zero-order valence-electron chi connectivity index (χ0n) is 8.59. The van der Waals surface area contributed by atoms with Gasteiger partial charge in [0.25, 0.3) is 0 Å². The van der Waals surface area contributed by atoms with Crippen LogP contribution in [-0.2, 0) is 4.79 Å². The summed E-state index contributed by atoms with van der Waals surface area (Å²) in [5.41, 5.74) is 2.93. The van der Waals surface area contributed by atoms with Gasteiger partial charge in [0.2, 0.25) is 0 Å². The summed E-state index contributed by atoms with van der Waals surface area (Å²) in [5, 5.41) is 10.7. The molecule has 1 fully saturated rings. The monoisotopic (exact) mass is 226 g/mol. The summed E-state index contributed by atoms with van der Waals surface area (Å²) in [7, 11) is 0. The molecular formula is C10H14N2O2S. The maximum atomic E-state index is 10.5. The molecule has 1 aliphatic heterocycles. The van der Waals surface area contributed by atoms with Gasteiger partial charge in [0.1, 0.15) is 0 Å². The third kappa shape index (κ3) is 2.35. The molecule has 15 heavy (non-hydrogen) atoms. The third-order valence-corrected chi connectivity index (χ3v) is 3.48. The lowest BCUT2D eigenvalue weighted by atomic mass is 9.94. The highest BCUT2D eigenvalue weighted by Crippen LogP contribution is 2.29. The second kappa shape index (κ2) is 4.28. The van der Waals surface area contributed by atoms with Crippen LogP contribution in [0.4, 0.5) is 0 Å². The number of hydrogen-bond acceptors (Lipinski definition) is 4. The van der Waals surface area contributed by atoms with Crippen molar-refractivity contribution in [2.45, 2.75) is 19.4 Å². The van der Waals surface area contributed by atoms with Crippen molar-refractivity contribution in [1.29, 1.82) is 0 Å². The number of likely N-dealkylation sites (tertiary alicyclic amines) is 1. The van der Waals surface area contributed by atoms with E-state index < -0.39 is 5.97 Å². The van der Waals surface area contributed by atoms with Crippen molar-refractivity contribution < 1.29 is 9.90 Å². The Kier molecular flexibility index (Phi) is 3.02. The Morgan fingerprint density at radius 3 is 3.07 bits per heavy atom. The van der Waals surface area contributed by atoms with E-state index in [4.69, 9.17) is 5.11 Å². The molecule has 2 rings (SSSR count). The Hall–Kier alpha value is -0.940. The zero-order chi connectivity index (χ0) is 10.8. The van der Waals surface area contributed by atoms with Crippen LogP contribution in [0.2, 0.25) is 0 Å². The molecule has 1 aromatic rings. The van der Waals surface area contributed by atoms with Crippen LogP contribution in [0.5, 0.6) is 0 Å². The van der Waals surface area contributed by atoms with Crippen LogP contribution in [0.3, 0.4) is 0 Å². The Bertz CT molecular complexity index is 333. The summed E-state index contributed by atoms with van der Waals surface area (Å²) in [5.74, 6) is -0.371. The first-order chi connectivity index (χ1) is 7.16. The average Bonchev–Trinajstić information content (AvgIpc) is 2.61. The van der Waals surface area contributed by atoms with E-state index in [-0.39, 0.29) is 0 Å². The lowest BCUT2D eigenvalue weighted by Crippen LogP contribution is -2.48. The predicted molar refractivity (Wildman–Crippen MR) is 57.8 cm³/mol. The van der Waals surface area contributed by atoms with Crippen molar-refractivity contribution in [2.75, 3.05) is 13.1 Å². The van der Waals surface area contributed by atoms with E-state index in [1.807, 2.05) is 5.51 Å². The van der Waals surface area contributed by atoms with E-state index in [0.29, 0.717) is 18.4 Å². The van der Waals surface area contributed by atoms with E-state index in [9.17, 15) is 4.79 Å². The lowest BCUT2D eigenvalue weighted by Gasteiger charge is -2.42. The Balaban J connectivity index is 1.82. The summed E-state index contributed by atoms with van der Waals surface area (Å²) in [6.45, 7) is 3.88. The molecule has 0 saturated carbocycles. The SMILES string of the molecule is CC(c1cscn1)N1CC(CC(=O)O)C1. The van der Waals surface area contributed by atoms with Crippen molar-refractivity contribution in [3.8, 4) is 0 Å². The molecule has 1 atom stereocenters. The summed E-state index contributed by atoms with van der Waals surface area (Å²) < 4.78 is 0. The Morgan fingerprint density at radius 2 is 2.53 bits per heavy atom. The maximum absolute atomic E-state index is 10.5. The van der Waals surface area contributed by atoms with Crippen molar-refractivity contribution in [3.05, 3.63) is 16.6 Å². The molecule has 1 aromatic heterocycles. The highest BCUT2D eigenvalue weighted by atomic mass is 32.1. The van der Waals surface area contributed by atoms with Crippen LogP contribution in [0, 0.1) is 5.92 Å². The van der Waals surface area contributed by atoms with Gasteiger partial charge in [-0.25, -0.2) is 4.98 Å². The van der Waals surface area contributed by atoms with Gasteiger partial charge >= 0.3 is 5.97 Å². The zero-order valence-corrected chi connectivity index (χ0v) is 9.41. The number of nitrogens with zero attached hydrogens (tertiary/aromatic N) is 2. The smallest absolute Gasteiger partial charge is 0.303 e. The Morgan fingerprint density at radius 1 is 1.80 bits per heavy atom. The second-order valence-corrected chi connectivity index (χ2v) is 4.73. The fourth-order valence-electron chi connectivity index (χ4n) is 1.92. The minimum atomic E-state index is -0.694. The number of aromatic nitrogens is 1. The highest BCUT2D eigenvalue weighted by molar-refractivity contribution is 7.07. The van der Waals surface area contributed by atoms with Crippen LogP contribution in [0.1, 0.15) is 25.1 Å². The van der Waals surface area contributed by atoms with E-state index in [1.165, 1.54) is 0 Å². The molecule has 0 radical (unpaired) electrons. The third-order valence-electron chi connectivity index (χ3n) is 2.88. The molecule has 1 aliphatic rings.